The Labute approximate surface area is 176 Å². The van der Waals surface area contributed by atoms with Crippen LogP contribution >= 0.6 is 0 Å². The van der Waals surface area contributed by atoms with Gasteiger partial charge in [0.25, 0.3) is 0 Å². The largest absolute Gasteiger partial charge is 0.486 e. The van der Waals surface area contributed by atoms with E-state index in [1.165, 1.54) is 22.3 Å². The highest BCUT2D eigenvalue weighted by atomic mass is 16.6. The van der Waals surface area contributed by atoms with Crippen LogP contribution in [0.4, 0.5) is 0 Å². The van der Waals surface area contributed by atoms with E-state index in [0.29, 0.717) is 13.2 Å². The van der Waals surface area contributed by atoms with Crippen LogP contribution in [0.25, 0.3) is 11.1 Å². The Morgan fingerprint density at radius 3 is 2.13 bits per heavy atom. The number of hydrogen-bond acceptors (Lipinski definition) is 4. The molecule has 0 spiro atoms. The lowest BCUT2D eigenvalue weighted by Crippen LogP contribution is -2.15. The van der Waals surface area contributed by atoms with Crippen LogP contribution < -0.4 is 9.47 Å². The molecular formula is C26H22N2O2. The van der Waals surface area contributed by atoms with Crippen molar-refractivity contribution in [3.63, 3.8) is 0 Å². The molecule has 30 heavy (non-hydrogen) atoms. The Kier molecular flexibility index (Phi) is 5.13. The summed E-state index contributed by atoms with van der Waals surface area (Å²) in [5, 5.41) is 0. The van der Waals surface area contributed by atoms with Crippen molar-refractivity contribution in [2.45, 2.75) is 12.3 Å². The maximum absolute atomic E-state index is 5.80. The third-order valence-electron chi connectivity index (χ3n) is 5.47. The minimum absolute atomic E-state index is 0.172. The lowest BCUT2D eigenvalue weighted by Gasteiger charge is -2.21. The first-order valence-electron chi connectivity index (χ1n) is 10.2. The maximum atomic E-state index is 5.80. The Hall–Kier alpha value is -3.66. The predicted octanol–water partition coefficient (Wildman–Crippen LogP) is 5.29. The quantitative estimate of drug-likeness (QED) is 0.461. The van der Waals surface area contributed by atoms with Crippen LogP contribution in [0.2, 0.25) is 0 Å². The van der Waals surface area contributed by atoms with Crippen LogP contribution in [0.3, 0.4) is 0 Å². The molecule has 1 aliphatic rings. The fourth-order valence-corrected chi connectivity index (χ4v) is 4.00. The zero-order chi connectivity index (χ0) is 20.2. The summed E-state index contributed by atoms with van der Waals surface area (Å²) in [6, 6.07) is 23.0. The molecule has 0 fully saturated rings. The van der Waals surface area contributed by atoms with Crippen molar-refractivity contribution in [2.75, 3.05) is 13.2 Å². The zero-order valence-electron chi connectivity index (χ0n) is 16.6. The molecule has 0 N–H and O–H groups in total. The summed E-state index contributed by atoms with van der Waals surface area (Å²) in [5.74, 6) is 1.79. The minimum atomic E-state index is 0.172. The molecule has 0 amide bonds. The highest BCUT2D eigenvalue weighted by Gasteiger charge is 2.19. The van der Waals surface area contributed by atoms with Gasteiger partial charge in [-0.1, -0.05) is 42.5 Å². The lowest BCUT2D eigenvalue weighted by atomic mass is 9.85. The summed E-state index contributed by atoms with van der Waals surface area (Å²) < 4.78 is 11.5. The Morgan fingerprint density at radius 2 is 1.43 bits per heavy atom. The molecule has 0 saturated heterocycles. The summed E-state index contributed by atoms with van der Waals surface area (Å²) in [5.41, 5.74) is 5.97. The van der Waals surface area contributed by atoms with Gasteiger partial charge in [0.15, 0.2) is 11.5 Å². The lowest BCUT2D eigenvalue weighted by molar-refractivity contribution is 0.171. The van der Waals surface area contributed by atoms with Crippen molar-refractivity contribution >= 4 is 0 Å². The summed E-state index contributed by atoms with van der Waals surface area (Å²) in [4.78, 5) is 8.70. The first-order chi connectivity index (χ1) is 14.9. The Bertz CT molecular complexity index is 1090. The first-order valence-corrected chi connectivity index (χ1v) is 10.2. The van der Waals surface area contributed by atoms with Crippen LogP contribution in [0.15, 0.2) is 91.5 Å². The Balaban J connectivity index is 1.54. The molecule has 148 valence electrons. The molecule has 5 rings (SSSR count). The van der Waals surface area contributed by atoms with Crippen molar-refractivity contribution in [3.05, 3.63) is 108 Å². The number of hydrogen-bond donors (Lipinski definition) is 0. The van der Waals surface area contributed by atoms with Gasteiger partial charge in [-0.15, -0.1) is 0 Å². The molecule has 2 aromatic carbocycles. The number of fused-ring (bicyclic) bond motifs is 1. The standard InChI is InChI=1S/C26H22N2O2/c1-2-8-23(20-9-10-25-26(16-20)30-14-13-29-25)19(5-1)15-24(21-6-3-11-27-17-21)22-7-4-12-28-18-22/h1-12,16-18,24H,13-15H2. The average Bonchev–Trinajstić information content (AvgIpc) is 2.83. The van der Waals surface area contributed by atoms with E-state index in [1.54, 1.807) is 0 Å². The van der Waals surface area contributed by atoms with Crippen LogP contribution in [-0.4, -0.2) is 23.2 Å². The molecule has 0 radical (unpaired) electrons. The van der Waals surface area contributed by atoms with Gasteiger partial charge in [-0.05, 0) is 58.5 Å². The summed E-state index contributed by atoms with van der Waals surface area (Å²) >= 11 is 0. The van der Waals surface area contributed by atoms with Crippen LogP contribution in [-0.2, 0) is 6.42 Å². The number of aromatic nitrogens is 2. The number of nitrogens with zero attached hydrogens (tertiary/aromatic N) is 2. The Morgan fingerprint density at radius 1 is 0.733 bits per heavy atom. The van der Waals surface area contributed by atoms with Gasteiger partial charge >= 0.3 is 0 Å². The van der Waals surface area contributed by atoms with E-state index in [0.717, 1.165) is 23.5 Å². The molecule has 0 bridgehead atoms. The van der Waals surface area contributed by atoms with Crippen LogP contribution in [0, 0.1) is 0 Å². The fraction of sp³-hybridized carbons (Fsp3) is 0.154. The maximum Gasteiger partial charge on any atom is 0.161 e. The van der Waals surface area contributed by atoms with Gasteiger partial charge in [0, 0.05) is 30.7 Å². The number of rotatable bonds is 5. The molecule has 4 nitrogen and oxygen atoms in total. The molecule has 1 aliphatic heterocycles. The van der Waals surface area contributed by atoms with E-state index >= 15 is 0 Å². The van der Waals surface area contributed by atoms with E-state index in [2.05, 4.69) is 58.5 Å². The van der Waals surface area contributed by atoms with E-state index in [1.807, 2.05) is 43.0 Å². The SMILES string of the molecule is c1cncc(C(Cc2ccccc2-c2ccc3c(c2)OCCO3)c2cccnc2)c1. The van der Waals surface area contributed by atoms with Gasteiger partial charge in [0.05, 0.1) is 0 Å². The van der Waals surface area contributed by atoms with Gasteiger partial charge in [-0.2, -0.15) is 0 Å². The fourth-order valence-electron chi connectivity index (χ4n) is 4.00. The van der Waals surface area contributed by atoms with Crippen molar-refractivity contribution < 1.29 is 9.47 Å². The minimum Gasteiger partial charge on any atom is -0.486 e. The van der Waals surface area contributed by atoms with Crippen LogP contribution in [0.1, 0.15) is 22.6 Å². The van der Waals surface area contributed by atoms with Crippen molar-refractivity contribution in [3.8, 4) is 22.6 Å². The monoisotopic (exact) mass is 394 g/mol. The molecule has 3 heterocycles. The van der Waals surface area contributed by atoms with E-state index in [-0.39, 0.29) is 5.92 Å². The van der Waals surface area contributed by atoms with Crippen LogP contribution in [0.5, 0.6) is 11.5 Å². The molecule has 0 saturated carbocycles. The topological polar surface area (TPSA) is 44.2 Å². The van der Waals surface area contributed by atoms with E-state index in [9.17, 15) is 0 Å². The molecule has 0 unspecified atom stereocenters. The summed E-state index contributed by atoms with van der Waals surface area (Å²) in [6.45, 7) is 1.18. The van der Waals surface area contributed by atoms with Crippen molar-refractivity contribution in [2.24, 2.45) is 0 Å². The molecule has 4 heteroatoms. The number of benzene rings is 2. The van der Waals surface area contributed by atoms with Gasteiger partial charge in [0.1, 0.15) is 13.2 Å². The molecule has 0 atom stereocenters. The molecule has 0 aliphatic carbocycles. The predicted molar refractivity (Wildman–Crippen MR) is 117 cm³/mol. The third kappa shape index (κ3) is 3.77. The molecular weight excluding hydrogens is 372 g/mol. The average molecular weight is 394 g/mol. The van der Waals surface area contributed by atoms with Gasteiger partial charge in [-0.3, -0.25) is 9.97 Å². The second kappa shape index (κ2) is 8.37. The molecule has 2 aromatic heterocycles. The highest BCUT2D eigenvalue weighted by Crippen LogP contribution is 2.37. The zero-order valence-corrected chi connectivity index (χ0v) is 16.6. The molecule has 4 aromatic rings. The van der Waals surface area contributed by atoms with E-state index < -0.39 is 0 Å². The summed E-state index contributed by atoms with van der Waals surface area (Å²) in [6.07, 6.45) is 8.37. The van der Waals surface area contributed by atoms with Gasteiger partial charge < -0.3 is 9.47 Å². The van der Waals surface area contributed by atoms with Crippen molar-refractivity contribution in [1.29, 1.82) is 0 Å². The van der Waals surface area contributed by atoms with Crippen molar-refractivity contribution in [1.82, 2.24) is 9.97 Å². The smallest absolute Gasteiger partial charge is 0.161 e. The number of pyridine rings is 2. The number of ether oxygens (including phenoxy) is 2. The van der Waals surface area contributed by atoms with Gasteiger partial charge in [0.2, 0.25) is 0 Å². The third-order valence-corrected chi connectivity index (χ3v) is 5.47. The summed E-state index contributed by atoms with van der Waals surface area (Å²) in [7, 11) is 0. The van der Waals surface area contributed by atoms with Gasteiger partial charge in [-0.25, -0.2) is 0 Å². The highest BCUT2D eigenvalue weighted by molar-refractivity contribution is 5.70. The van der Waals surface area contributed by atoms with E-state index in [4.69, 9.17) is 9.47 Å². The first kappa shape index (κ1) is 18.4. The second-order valence-corrected chi connectivity index (χ2v) is 7.35. The second-order valence-electron chi connectivity index (χ2n) is 7.35. The normalized spacial score (nSPS) is 12.7.